The van der Waals surface area contributed by atoms with E-state index in [1.54, 1.807) is 6.92 Å². The number of esters is 1. The molecule has 0 saturated heterocycles. The predicted octanol–water partition coefficient (Wildman–Crippen LogP) is -0.993. The molecule has 0 aromatic heterocycles. The minimum absolute atomic E-state index is 0. The molecule has 88 valence electrons. The van der Waals surface area contributed by atoms with E-state index in [0.29, 0.717) is 0 Å². The SMILES string of the molecule is CCOC(=O)c1cc(S(=O)[O-])c(F)cc1Br.[Na+]. The van der Waals surface area contributed by atoms with Crippen LogP contribution < -0.4 is 29.6 Å². The van der Waals surface area contributed by atoms with E-state index >= 15 is 0 Å². The Morgan fingerprint density at radius 1 is 1.59 bits per heavy atom. The van der Waals surface area contributed by atoms with Crippen molar-refractivity contribution in [3.8, 4) is 0 Å². The van der Waals surface area contributed by atoms with Gasteiger partial charge in [0.15, 0.2) is 0 Å². The van der Waals surface area contributed by atoms with Crippen LogP contribution in [0, 0.1) is 5.82 Å². The summed E-state index contributed by atoms with van der Waals surface area (Å²) in [5.41, 5.74) is -0.0255. The fourth-order valence-corrected chi connectivity index (χ4v) is 1.93. The van der Waals surface area contributed by atoms with Crippen LogP contribution in [0.4, 0.5) is 4.39 Å². The summed E-state index contributed by atoms with van der Waals surface area (Å²) < 4.78 is 39.3. The third-order valence-electron chi connectivity index (χ3n) is 1.70. The summed E-state index contributed by atoms with van der Waals surface area (Å²) in [7, 11) is 0. The van der Waals surface area contributed by atoms with Crippen molar-refractivity contribution in [2.45, 2.75) is 11.8 Å². The molecule has 0 N–H and O–H groups in total. The molecule has 1 unspecified atom stereocenters. The fourth-order valence-electron chi connectivity index (χ4n) is 1.02. The molecule has 0 aliphatic rings. The normalized spacial score (nSPS) is 11.5. The van der Waals surface area contributed by atoms with Crippen molar-refractivity contribution < 1.29 is 52.2 Å². The first kappa shape index (κ1) is 17.2. The zero-order valence-electron chi connectivity index (χ0n) is 9.16. The molecule has 0 saturated carbocycles. The Hall–Kier alpha value is 0.210. The molecular weight excluding hydrogens is 326 g/mol. The van der Waals surface area contributed by atoms with Crippen molar-refractivity contribution in [3.63, 3.8) is 0 Å². The van der Waals surface area contributed by atoms with E-state index in [4.69, 9.17) is 4.74 Å². The number of carbonyl (C=O) groups excluding carboxylic acids is 1. The first-order valence-electron chi connectivity index (χ1n) is 4.22. The van der Waals surface area contributed by atoms with Gasteiger partial charge in [-0.05, 0) is 46.1 Å². The van der Waals surface area contributed by atoms with Gasteiger partial charge >= 0.3 is 35.5 Å². The van der Waals surface area contributed by atoms with Crippen LogP contribution in [0.5, 0.6) is 0 Å². The van der Waals surface area contributed by atoms with Crippen LogP contribution in [-0.4, -0.2) is 21.3 Å². The Morgan fingerprint density at radius 3 is 2.65 bits per heavy atom. The van der Waals surface area contributed by atoms with Gasteiger partial charge in [-0.3, -0.25) is 4.21 Å². The summed E-state index contributed by atoms with van der Waals surface area (Å²) in [5.74, 6) is -1.63. The third kappa shape index (κ3) is 4.42. The molecule has 1 atom stereocenters. The standard InChI is InChI=1S/C9H8BrFO4S.Na/c1-2-15-9(12)5-3-8(16(13)14)7(11)4-6(5)10;/h3-4H,2H2,1H3,(H,13,14);/q;+1/p-1. The number of hydrogen-bond donors (Lipinski definition) is 0. The van der Waals surface area contributed by atoms with Crippen molar-refractivity contribution in [1.29, 1.82) is 0 Å². The fraction of sp³-hybridized carbons (Fsp3) is 0.222. The van der Waals surface area contributed by atoms with Gasteiger partial charge in [0.05, 0.1) is 17.1 Å². The van der Waals surface area contributed by atoms with Crippen molar-refractivity contribution in [3.05, 3.63) is 28.0 Å². The van der Waals surface area contributed by atoms with E-state index < -0.39 is 27.8 Å². The number of hydrogen-bond acceptors (Lipinski definition) is 4. The average Bonchev–Trinajstić information content (AvgIpc) is 2.17. The molecule has 0 heterocycles. The van der Waals surface area contributed by atoms with E-state index in [0.717, 1.165) is 12.1 Å². The molecule has 1 rings (SSSR count). The van der Waals surface area contributed by atoms with Crippen LogP contribution in [0.15, 0.2) is 21.5 Å². The Kier molecular flexibility index (Phi) is 7.70. The maximum atomic E-state index is 13.2. The van der Waals surface area contributed by atoms with Crippen LogP contribution >= 0.6 is 15.9 Å². The van der Waals surface area contributed by atoms with Gasteiger partial charge in [-0.2, -0.15) is 0 Å². The minimum atomic E-state index is -2.73. The zero-order chi connectivity index (χ0) is 12.3. The summed E-state index contributed by atoms with van der Waals surface area (Å²) in [6.45, 7) is 1.76. The second kappa shape index (κ2) is 7.60. The smallest absolute Gasteiger partial charge is 0.768 e. The van der Waals surface area contributed by atoms with E-state index in [1.807, 2.05) is 0 Å². The van der Waals surface area contributed by atoms with Gasteiger partial charge in [-0.25, -0.2) is 9.18 Å². The molecule has 0 fully saturated rings. The Labute approximate surface area is 131 Å². The molecule has 0 spiro atoms. The first-order valence-corrected chi connectivity index (χ1v) is 6.09. The molecular formula is C9H7BrFNaO4S. The number of rotatable bonds is 3. The summed E-state index contributed by atoms with van der Waals surface area (Å²) >= 11 is 0.226. The van der Waals surface area contributed by atoms with Gasteiger partial charge in [0.2, 0.25) is 0 Å². The summed E-state index contributed by atoms with van der Waals surface area (Å²) in [5, 5.41) is 0. The topological polar surface area (TPSA) is 66.4 Å². The van der Waals surface area contributed by atoms with Crippen molar-refractivity contribution in [1.82, 2.24) is 0 Å². The Morgan fingerprint density at radius 2 is 2.18 bits per heavy atom. The molecule has 0 aliphatic heterocycles. The quantitative estimate of drug-likeness (QED) is 0.405. The van der Waals surface area contributed by atoms with Crippen molar-refractivity contribution in [2.24, 2.45) is 0 Å². The molecule has 0 amide bonds. The minimum Gasteiger partial charge on any atom is -0.768 e. The Bertz CT molecular complexity index is 455. The van der Waals surface area contributed by atoms with Gasteiger partial charge in [0.25, 0.3) is 0 Å². The van der Waals surface area contributed by atoms with Gasteiger partial charge < -0.3 is 9.29 Å². The summed E-state index contributed by atoms with van der Waals surface area (Å²) in [6.07, 6.45) is 0. The van der Waals surface area contributed by atoms with Crippen LogP contribution in [0.3, 0.4) is 0 Å². The van der Waals surface area contributed by atoms with E-state index in [9.17, 15) is 17.9 Å². The van der Waals surface area contributed by atoms with E-state index in [2.05, 4.69) is 15.9 Å². The molecule has 0 bridgehead atoms. The van der Waals surface area contributed by atoms with Crippen molar-refractivity contribution in [2.75, 3.05) is 6.61 Å². The largest absolute Gasteiger partial charge is 1.00 e. The number of halogens is 2. The molecule has 1 aromatic rings. The maximum Gasteiger partial charge on any atom is 1.00 e. The predicted molar refractivity (Wildman–Crippen MR) is 57.2 cm³/mol. The van der Waals surface area contributed by atoms with E-state index in [1.165, 1.54) is 0 Å². The number of benzene rings is 1. The van der Waals surface area contributed by atoms with E-state index in [-0.39, 0.29) is 46.2 Å². The van der Waals surface area contributed by atoms with Gasteiger partial charge in [0.1, 0.15) is 5.82 Å². The second-order valence-electron chi connectivity index (χ2n) is 2.72. The van der Waals surface area contributed by atoms with Crippen LogP contribution in [0.1, 0.15) is 17.3 Å². The monoisotopic (exact) mass is 332 g/mol. The maximum absolute atomic E-state index is 13.2. The molecule has 0 aliphatic carbocycles. The molecule has 1 aromatic carbocycles. The average molecular weight is 333 g/mol. The summed E-state index contributed by atoms with van der Waals surface area (Å²) in [6, 6.07) is 1.85. The molecule has 4 nitrogen and oxygen atoms in total. The number of ether oxygens (including phenoxy) is 1. The molecule has 8 heteroatoms. The van der Waals surface area contributed by atoms with Crippen LogP contribution in [-0.2, 0) is 15.8 Å². The number of carbonyl (C=O) groups is 1. The first-order chi connectivity index (χ1) is 7.47. The molecule has 17 heavy (non-hydrogen) atoms. The van der Waals surface area contributed by atoms with Crippen LogP contribution in [0.2, 0.25) is 0 Å². The zero-order valence-corrected chi connectivity index (χ0v) is 13.6. The second-order valence-corrected chi connectivity index (χ2v) is 4.48. The summed E-state index contributed by atoms with van der Waals surface area (Å²) in [4.78, 5) is 10.8. The van der Waals surface area contributed by atoms with Gasteiger partial charge in [0, 0.05) is 4.47 Å². The third-order valence-corrected chi connectivity index (χ3v) is 3.02. The van der Waals surface area contributed by atoms with Gasteiger partial charge in [-0.1, -0.05) is 0 Å². The Balaban J connectivity index is 0.00000256. The molecule has 0 radical (unpaired) electrons. The van der Waals surface area contributed by atoms with Crippen LogP contribution in [0.25, 0.3) is 0 Å². The van der Waals surface area contributed by atoms with Crippen molar-refractivity contribution >= 4 is 33.0 Å². The van der Waals surface area contributed by atoms with Gasteiger partial charge in [-0.15, -0.1) is 0 Å².